The monoisotopic (exact) mass is 319 g/mol. The van der Waals surface area contributed by atoms with Crippen LogP contribution in [0, 0.1) is 13.8 Å². The quantitative estimate of drug-likeness (QED) is 0.590. The highest BCUT2D eigenvalue weighted by Crippen LogP contribution is 2.24. The fourth-order valence-electron chi connectivity index (χ4n) is 2.07. The van der Waals surface area contributed by atoms with Gasteiger partial charge in [0.1, 0.15) is 11.5 Å². The predicted molar refractivity (Wildman–Crippen MR) is 92.0 cm³/mol. The zero-order valence-electron chi connectivity index (χ0n) is 13.1. The Morgan fingerprint density at radius 3 is 2.45 bits per heavy atom. The zero-order chi connectivity index (χ0) is 15.9. The summed E-state index contributed by atoms with van der Waals surface area (Å²) in [6.07, 6.45) is 1.86. The number of benzene rings is 2. The van der Waals surface area contributed by atoms with Gasteiger partial charge in [-0.05, 0) is 56.0 Å². The minimum Gasteiger partial charge on any atom is -0.494 e. The third-order valence-corrected chi connectivity index (χ3v) is 3.93. The first-order valence-corrected chi connectivity index (χ1v) is 7.82. The maximum atomic E-state index is 5.87. The molecule has 0 aliphatic heterocycles. The van der Waals surface area contributed by atoms with Crippen molar-refractivity contribution < 1.29 is 9.47 Å². The third kappa shape index (κ3) is 4.57. The van der Waals surface area contributed by atoms with Crippen LogP contribution in [0.25, 0.3) is 0 Å². The molecule has 2 aromatic carbocycles. The van der Waals surface area contributed by atoms with Gasteiger partial charge in [0.15, 0.2) is 0 Å². The molecule has 22 heavy (non-hydrogen) atoms. The minimum absolute atomic E-state index is 0.539. The van der Waals surface area contributed by atoms with Gasteiger partial charge < -0.3 is 15.2 Å². The number of rotatable bonds is 7. The summed E-state index contributed by atoms with van der Waals surface area (Å²) in [5.74, 6) is 1.71. The topological polar surface area (TPSA) is 44.5 Å². The van der Waals surface area contributed by atoms with Crippen LogP contribution in [0.2, 0.25) is 5.02 Å². The molecule has 0 saturated heterocycles. The molecule has 2 aromatic rings. The Morgan fingerprint density at radius 2 is 1.73 bits per heavy atom. The Balaban J connectivity index is 1.67. The van der Waals surface area contributed by atoms with E-state index in [4.69, 9.17) is 26.8 Å². The van der Waals surface area contributed by atoms with Gasteiger partial charge in [-0.2, -0.15) is 0 Å². The van der Waals surface area contributed by atoms with Crippen LogP contribution in [0.15, 0.2) is 36.4 Å². The number of nitrogens with two attached hydrogens (primary N) is 1. The molecule has 0 fully saturated rings. The maximum absolute atomic E-state index is 5.87. The fourth-order valence-corrected chi connectivity index (χ4v) is 2.19. The molecular formula is C18H22ClNO2. The molecule has 0 bridgehead atoms. The molecule has 2 rings (SSSR count). The summed E-state index contributed by atoms with van der Waals surface area (Å²) in [6.45, 7) is 5.50. The van der Waals surface area contributed by atoms with Crippen molar-refractivity contribution in [1.82, 2.24) is 0 Å². The molecule has 0 atom stereocenters. The van der Waals surface area contributed by atoms with Crippen molar-refractivity contribution >= 4 is 17.3 Å². The molecule has 2 N–H and O–H groups in total. The molecule has 118 valence electrons. The van der Waals surface area contributed by atoms with Gasteiger partial charge in [0.05, 0.1) is 23.9 Å². The SMILES string of the molecule is Cc1cccc(OCCCCOc2ccc(Cl)c(N)c2)c1C. The van der Waals surface area contributed by atoms with Crippen LogP contribution >= 0.6 is 11.6 Å². The number of hydrogen-bond acceptors (Lipinski definition) is 3. The lowest BCUT2D eigenvalue weighted by Gasteiger charge is -2.11. The summed E-state index contributed by atoms with van der Waals surface area (Å²) < 4.78 is 11.5. The second-order valence-electron chi connectivity index (χ2n) is 5.29. The van der Waals surface area contributed by atoms with Gasteiger partial charge in [0.25, 0.3) is 0 Å². The van der Waals surface area contributed by atoms with E-state index in [2.05, 4.69) is 19.9 Å². The second-order valence-corrected chi connectivity index (χ2v) is 5.69. The van der Waals surface area contributed by atoms with E-state index in [1.54, 1.807) is 12.1 Å². The van der Waals surface area contributed by atoms with E-state index in [-0.39, 0.29) is 0 Å². The summed E-state index contributed by atoms with van der Waals surface area (Å²) in [7, 11) is 0. The second kappa shape index (κ2) is 7.95. The van der Waals surface area contributed by atoms with E-state index in [0.717, 1.165) is 24.3 Å². The molecule has 3 nitrogen and oxygen atoms in total. The van der Waals surface area contributed by atoms with Gasteiger partial charge in [-0.3, -0.25) is 0 Å². The first-order chi connectivity index (χ1) is 10.6. The zero-order valence-corrected chi connectivity index (χ0v) is 13.8. The van der Waals surface area contributed by atoms with Gasteiger partial charge >= 0.3 is 0 Å². The van der Waals surface area contributed by atoms with Gasteiger partial charge in [-0.1, -0.05) is 23.7 Å². The Kier molecular flexibility index (Phi) is 5.96. The lowest BCUT2D eigenvalue weighted by molar-refractivity contribution is 0.265. The van der Waals surface area contributed by atoms with Crippen LogP contribution in [-0.4, -0.2) is 13.2 Å². The lowest BCUT2D eigenvalue weighted by Crippen LogP contribution is -2.03. The number of aryl methyl sites for hydroxylation is 1. The van der Waals surface area contributed by atoms with Crippen LogP contribution in [0.5, 0.6) is 11.5 Å². The van der Waals surface area contributed by atoms with Crippen molar-refractivity contribution in [2.24, 2.45) is 0 Å². The Hall–Kier alpha value is -1.87. The van der Waals surface area contributed by atoms with Crippen molar-refractivity contribution in [2.45, 2.75) is 26.7 Å². The first kappa shape index (κ1) is 16.5. The third-order valence-electron chi connectivity index (χ3n) is 3.59. The van der Waals surface area contributed by atoms with Crippen LogP contribution in [0.4, 0.5) is 5.69 Å². The van der Waals surface area contributed by atoms with Crippen molar-refractivity contribution in [3.8, 4) is 11.5 Å². The Morgan fingerprint density at radius 1 is 1.00 bits per heavy atom. The van der Waals surface area contributed by atoms with E-state index in [0.29, 0.717) is 23.9 Å². The number of nitrogen functional groups attached to an aromatic ring is 1. The largest absolute Gasteiger partial charge is 0.494 e. The maximum Gasteiger partial charge on any atom is 0.122 e. The highest BCUT2D eigenvalue weighted by Gasteiger charge is 2.02. The molecule has 0 aliphatic carbocycles. The fraction of sp³-hybridized carbons (Fsp3) is 0.333. The van der Waals surface area contributed by atoms with Gasteiger partial charge in [-0.15, -0.1) is 0 Å². The number of unbranched alkanes of at least 4 members (excludes halogenated alkanes) is 1. The number of hydrogen-bond donors (Lipinski definition) is 1. The molecular weight excluding hydrogens is 298 g/mol. The van der Waals surface area contributed by atoms with Crippen molar-refractivity contribution in [3.63, 3.8) is 0 Å². The van der Waals surface area contributed by atoms with Crippen LogP contribution in [0.3, 0.4) is 0 Å². The molecule has 0 aliphatic rings. The normalized spacial score (nSPS) is 10.5. The average Bonchev–Trinajstić information content (AvgIpc) is 2.50. The number of anilines is 1. The Bertz CT molecular complexity index is 628. The summed E-state index contributed by atoms with van der Waals surface area (Å²) in [6, 6.07) is 11.4. The molecule has 0 saturated carbocycles. The highest BCUT2D eigenvalue weighted by molar-refractivity contribution is 6.33. The Labute approximate surface area is 137 Å². The average molecular weight is 320 g/mol. The van der Waals surface area contributed by atoms with Gasteiger partial charge in [0.2, 0.25) is 0 Å². The molecule has 0 aromatic heterocycles. The summed E-state index contributed by atoms with van der Waals surface area (Å²) >= 11 is 5.87. The van der Waals surface area contributed by atoms with Gasteiger partial charge in [-0.25, -0.2) is 0 Å². The number of ether oxygens (including phenoxy) is 2. The van der Waals surface area contributed by atoms with Crippen molar-refractivity contribution in [2.75, 3.05) is 18.9 Å². The van der Waals surface area contributed by atoms with E-state index in [9.17, 15) is 0 Å². The van der Waals surface area contributed by atoms with Crippen molar-refractivity contribution in [1.29, 1.82) is 0 Å². The molecule has 0 amide bonds. The van der Waals surface area contributed by atoms with Crippen LogP contribution < -0.4 is 15.2 Å². The summed E-state index contributed by atoms with van der Waals surface area (Å²) in [4.78, 5) is 0. The summed E-state index contributed by atoms with van der Waals surface area (Å²) in [5.41, 5.74) is 8.73. The number of halogens is 1. The van der Waals surface area contributed by atoms with E-state index in [1.165, 1.54) is 11.1 Å². The molecule has 0 heterocycles. The van der Waals surface area contributed by atoms with Crippen LogP contribution in [-0.2, 0) is 0 Å². The molecule has 0 radical (unpaired) electrons. The van der Waals surface area contributed by atoms with Crippen LogP contribution in [0.1, 0.15) is 24.0 Å². The predicted octanol–water partition coefficient (Wildman–Crippen LogP) is 4.78. The molecule has 0 unspecified atom stereocenters. The van der Waals surface area contributed by atoms with Crippen molar-refractivity contribution in [3.05, 3.63) is 52.5 Å². The molecule has 0 spiro atoms. The smallest absolute Gasteiger partial charge is 0.122 e. The standard InChI is InChI=1S/C18H22ClNO2/c1-13-6-5-7-18(14(13)2)22-11-4-3-10-21-15-8-9-16(19)17(20)12-15/h5-9,12H,3-4,10-11,20H2,1-2H3. The minimum atomic E-state index is 0.539. The van der Waals surface area contributed by atoms with Gasteiger partial charge in [0, 0.05) is 6.07 Å². The summed E-state index contributed by atoms with van der Waals surface area (Å²) in [5, 5.41) is 0.550. The highest BCUT2D eigenvalue weighted by atomic mass is 35.5. The first-order valence-electron chi connectivity index (χ1n) is 7.45. The van der Waals surface area contributed by atoms with E-state index < -0.39 is 0 Å². The lowest BCUT2D eigenvalue weighted by atomic mass is 10.1. The molecule has 4 heteroatoms. The van der Waals surface area contributed by atoms with E-state index >= 15 is 0 Å². The van der Waals surface area contributed by atoms with E-state index in [1.807, 2.05) is 18.2 Å².